The van der Waals surface area contributed by atoms with Crippen LogP contribution in [0.4, 0.5) is 31.9 Å². The number of nitrogens with one attached hydrogen (secondary N) is 2. The Kier molecular flexibility index (Phi) is 6.12. The maximum absolute atomic E-state index is 14.7. The third-order valence-corrected chi connectivity index (χ3v) is 4.70. The van der Waals surface area contributed by atoms with E-state index in [0.29, 0.717) is 16.8 Å². The molecular weight excluding hydrogens is 457 g/mol. The Hall–Kier alpha value is -3.80. The van der Waals surface area contributed by atoms with Gasteiger partial charge in [0.1, 0.15) is 33.4 Å². The van der Waals surface area contributed by atoms with E-state index in [9.17, 15) is 8.78 Å². The third-order valence-electron chi connectivity index (χ3n) is 4.32. The number of hydrogen-bond donors (Lipinski definition) is 2. The minimum atomic E-state index is -0.829. The first kappa shape index (κ1) is 21.4. The first-order chi connectivity index (χ1) is 15.4. The van der Waals surface area contributed by atoms with Crippen LogP contribution in [0, 0.1) is 23.0 Å². The van der Waals surface area contributed by atoms with Crippen LogP contribution >= 0.6 is 23.2 Å². The van der Waals surface area contributed by atoms with Crippen molar-refractivity contribution < 1.29 is 8.78 Å². The van der Waals surface area contributed by atoms with Gasteiger partial charge in [-0.3, -0.25) is 0 Å². The van der Waals surface area contributed by atoms with Crippen LogP contribution in [0.3, 0.4) is 0 Å². The fourth-order valence-electron chi connectivity index (χ4n) is 2.86. The van der Waals surface area contributed by atoms with Crippen molar-refractivity contribution >= 4 is 46.3 Å². The second-order valence-electron chi connectivity index (χ2n) is 6.52. The highest BCUT2D eigenvalue weighted by Gasteiger charge is 2.14. The SMILES string of the molecule is N#Cc1ccc(Nc2nccc(Nc3c(F)cc(-c4cc(Cl)nc(Cl)c4)cc3F)n2)cc1. The number of nitrogens with zero attached hydrogens (tertiary/aromatic N) is 4. The van der Waals surface area contributed by atoms with Crippen LogP contribution in [0.5, 0.6) is 0 Å². The normalized spacial score (nSPS) is 10.5. The zero-order valence-electron chi connectivity index (χ0n) is 16.1. The molecule has 4 rings (SSSR count). The molecule has 2 N–H and O–H groups in total. The molecule has 10 heteroatoms. The summed E-state index contributed by atoms with van der Waals surface area (Å²) < 4.78 is 29.5. The van der Waals surface area contributed by atoms with Crippen molar-refractivity contribution in [2.75, 3.05) is 10.6 Å². The molecule has 0 unspecified atom stereocenters. The van der Waals surface area contributed by atoms with Gasteiger partial charge in [-0.25, -0.2) is 18.7 Å². The summed E-state index contributed by atoms with van der Waals surface area (Å²) in [6, 6.07) is 15.4. The minimum Gasteiger partial charge on any atom is -0.335 e. The number of pyridine rings is 1. The fourth-order valence-corrected chi connectivity index (χ4v) is 3.33. The van der Waals surface area contributed by atoms with Crippen molar-refractivity contribution in [3.63, 3.8) is 0 Å². The lowest BCUT2D eigenvalue weighted by atomic mass is 10.1. The molecule has 2 heterocycles. The zero-order chi connectivity index (χ0) is 22.7. The van der Waals surface area contributed by atoms with E-state index < -0.39 is 11.6 Å². The molecule has 0 aliphatic heterocycles. The van der Waals surface area contributed by atoms with Crippen LogP contribution in [0.15, 0.2) is 60.8 Å². The van der Waals surface area contributed by atoms with Crippen molar-refractivity contribution in [3.05, 3.63) is 88.3 Å². The molecule has 0 aliphatic rings. The first-order valence-electron chi connectivity index (χ1n) is 9.11. The average molecular weight is 469 g/mol. The van der Waals surface area contributed by atoms with E-state index in [2.05, 4.69) is 25.6 Å². The summed E-state index contributed by atoms with van der Waals surface area (Å²) in [6.45, 7) is 0. The van der Waals surface area contributed by atoms with Gasteiger partial charge in [0.15, 0.2) is 0 Å². The summed E-state index contributed by atoms with van der Waals surface area (Å²) in [5.74, 6) is -1.27. The van der Waals surface area contributed by atoms with Gasteiger partial charge < -0.3 is 10.6 Å². The van der Waals surface area contributed by atoms with Gasteiger partial charge in [-0.15, -0.1) is 0 Å². The Morgan fingerprint density at radius 3 is 2.06 bits per heavy atom. The molecule has 0 radical (unpaired) electrons. The van der Waals surface area contributed by atoms with Gasteiger partial charge in [0.05, 0.1) is 11.6 Å². The van der Waals surface area contributed by atoms with Crippen LogP contribution in [0.25, 0.3) is 11.1 Å². The fraction of sp³-hybridized carbons (Fsp3) is 0. The maximum Gasteiger partial charge on any atom is 0.229 e. The number of anilines is 4. The van der Waals surface area contributed by atoms with Crippen molar-refractivity contribution in [1.82, 2.24) is 15.0 Å². The van der Waals surface area contributed by atoms with E-state index in [4.69, 9.17) is 28.5 Å². The van der Waals surface area contributed by atoms with Gasteiger partial charge in [0, 0.05) is 11.9 Å². The molecule has 0 saturated carbocycles. The highest BCUT2D eigenvalue weighted by atomic mass is 35.5. The zero-order valence-corrected chi connectivity index (χ0v) is 17.6. The van der Waals surface area contributed by atoms with Crippen LogP contribution in [-0.4, -0.2) is 15.0 Å². The van der Waals surface area contributed by atoms with Gasteiger partial charge >= 0.3 is 0 Å². The molecule has 2 aromatic carbocycles. The molecule has 0 atom stereocenters. The highest BCUT2D eigenvalue weighted by Crippen LogP contribution is 2.31. The summed E-state index contributed by atoms with van der Waals surface area (Å²) in [5, 5.41) is 14.7. The second-order valence-corrected chi connectivity index (χ2v) is 7.30. The molecule has 0 amide bonds. The van der Waals surface area contributed by atoms with Crippen molar-refractivity contribution in [2.24, 2.45) is 0 Å². The minimum absolute atomic E-state index is 0.110. The van der Waals surface area contributed by atoms with E-state index in [1.807, 2.05) is 6.07 Å². The summed E-state index contributed by atoms with van der Waals surface area (Å²) in [6.07, 6.45) is 1.44. The lowest BCUT2D eigenvalue weighted by molar-refractivity contribution is 0.591. The van der Waals surface area contributed by atoms with Crippen LogP contribution < -0.4 is 10.6 Å². The standard InChI is InChI=1S/C22H12Cl2F2N6/c23-18-9-14(10-19(24)30-18)13-7-16(25)21(17(26)8-13)31-20-5-6-28-22(32-20)29-15-3-1-12(11-27)2-4-15/h1-10H,(H2,28,29,31,32). The van der Waals surface area contributed by atoms with Crippen molar-refractivity contribution in [3.8, 4) is 17.2 Å². The average Bonchev–Trinajstić information content (AvgIpc) is 2.76. The Bertz CT molecular complexity index is 1300. The molecule has 4 aromatic rings. The van der Waals surface area contributed by atoms with Gasteiger partial charge in [-0.05, 0) is 65.7 Å². The molecule has 0 bridgehead atoms. The third kappa shape index (κ3) is 4.91. The molecular formula is C22H12Cl2F2N6. The number of rotatable bonds is 5. The summed E-state index contributed by atoms with van der Waals surface area (Å²) in [7, 11) is 0. The molecule has 32 heavy (non-hydrogen) atoms. The Morgan fingerprint density at radius 1 is 0.812 bits per heavy atom. The summed E-state index contributed by atoms with van der Waals surface area (Å²) in [5.41, 5.74) is 1.47. The van der Waals surface area contributed by atoms with Crippen LogP contribution in [-0.2, 0) is 0 Å². The monoisotopic (exact) mass is 468 g/mol. The molecule has 0 fully saturated rings. The van der Waals surface area contributed by atoms with Gasteiger partial charge in [-0.1, -0.05) is 23.2 Å². The number of aromatic nitrogens is 3. The van der Waals surface area contributed by atoms with E-state index in [1.165, 1.54) is 24.4 Å². The van der Waals surface area contributed by atoms with E-state index in [1.54, 1.807) is 24.3 Å². The topological polar surface area (TPSA) is 86.5 Å². The van der Waals surface area contributed by atoms with Crippen molar-refractivity contribution in [1.29, 1.82) is 5.26 Å². The van der Waals surface area contributed by atoms with Gasteiger partial charge in [-0.2, -0.15) is 10.2 Å². The molecule has 6 nitrogen and oxygen atoms in total. The molecule has 158 valence electrons. The number of benzene rings is 2. The Morgan fingerprint density at radius 2 is 1.44 bits per heavy atom. The predicted molar refractivity (Wildman–Crippen MR) is 119 cm³/mol. The summed E-state index contributed by atoms with van der Waals surface area (Å²) in [4.78, 5) is 12.1. The lowest BCUT2D eigenvalue weighted by Gasteiger charge is -2.12. The second kappa shape index (κ2) is 9.14. The summed E-state index contributed by atoms with van der Waals surface area (Å²) >= 11 is 11.8. The highest BCUT2D eigenvalue weighted by molar-refractivity contribution is 6.32. The van der Waals surface area contributed by atoms with Gasteiger partial charge in [0.25, 0.3) is 0 Å². The van der Waals surface area contributed by atoms with E-state index >= 15 is 0 Å². The Labute approximate surface area is 191 Å². The largest absolute Gasteiger partial charge is 0.335 e. The van der Waals surface area contributed by atoms with E-state index in [0.717, 1.165) is 12.1 Å². The van der Waals surface area contributed by atoms with E-state index in [-0.39, 0.29) is 33.3 Å². The molecule has 0 saturated heterocycles. The molecule has 2 aromatic heterocycles. The molecule has 0 aliphatic carbocycles. The van der Waals surface area contributed by atoms with Crippen LogP contribution in [0.2, 0.25) is 10.3 Å². The number of hydrogen-bond acceptors (Lipinski definition) is 6. The van der Waals surface area contributed by atoms with Crippen molar-refractivity contribution in [2.45, 2.75) is 0 Å². The maximum atomic E-state index is 14.7. The number of halogens is 4. The predicted octanol–water partition coefficient (Wildman–Crippen LogP) is 6.48. The van der Waals surface area contributed by atoms with Crippen LogP contribution in [0.1, 0.15) is 5.56 Å². The first-order valence-corrected chi connectivity index (χ1v) is 9.86. The quantitative estimate of drug-likeness (QED) is 0.325. The lowest BCUT2D eigenvalue weighted by Crippen LogP contribution is -2.03. The Balaban J connectivity index is 1.57. The molecule has 0 spiro atoms. The van der Waals surface area contributed by atoms with Gasteiger partial charge in [0.2, 0.25) is 5.95 Å². The number of nitriles is 1. The smallest absolute Gasteiger partial charge is 0.229 e.